The molecule has 4 aromatic heterocycles. The fraction of sp³-hybridized carbons (Fsp3) is 0. The number of rotatable bonds is 11. The van der Waals surface area contributed by atoms with Crippen molar-refractivity contribution in [2.45, 2.75) is 0 Å². The largest absolute Gasteiger partial charge is 0.309 e. The molecule has 6 nitrogen and oxygen atoms in total. The van der Waals surface area contributed by atoms with E-state index in [0.29, 0.717) is 11.6 Å². The maximum atomic E-state index is 5.51. The van der Waals surface area contributed by atoms with Crippen molar-refractivity contribution < 1.29 is 0 Å². The van der Waals surface area contributed by atoms with E-state index in [1.54, 1.807) is 0 Å². The van der Waals surface area contributed by atoms with E-state index in [9.17, 15) is 0 Å². The Labute approximate surface area is 760 Å². The van der Waals surface area contributed by atoms with Crippen LogP contribution in [0.4, 0.5) is 0 Å². The molecule has 23 aromatic carbocycles. The molecule has 0 bridgehead atoms. The van der Waals surface area contributed by atoms with Gasteiger partial charge < -0.3 is 9.13 Å². The van der Waals surface area contributed by atoms with Gasteiger partial charge in [-0.2, -0.15) is 0 Å². The van der Waals surface area contributed by atoms with Crippen molar-refractivity contribution in [1.82, 2.24) is 29.1 Å². The number of hydrogen-bond donors (Lipinski definition) is 0. The number of para-hydroxylation sites is 2. The van der Waals surface area contributed by atoms with Crippen molar-refractivity contribution in [3.8, 4) is 112 Å². The van der Waals surface area contributed by atoms with Crippen molar-refractivity contribution in [1.29, 1.82) is 0 Å². The molecular formula is C126H78N6. The number of aromatic nitrogens is 6. The summed E-state index contributed by atoms with van der Waals surface area (Å²) in [7, 11) is 0. The molecule has 0 atom stereocenters. The lowest BCUT2D eigenvalue weighted by Crippen LogP contribution is -1.98. The van der Waals surface area contributed by atoms with Gasteiger partial charge in [-0.05, 0) is 233 Å². The minimum atomic E-state index is 0.697. The molecule has 27 aromatic rings. The predicted octanol–water partition coefficient (Wildman–Crippen LogP) is 33.7. The van der Waals surface area contributed by atoms with Crippen LogP contribution >= 0.6 is 0 Å². The Kier molecular flexibility index (Phi) is 17.9. The Morgan fingerprint density at radius 3 is 1.03 bits per heavy atom. The fourth-order valence-corrected chi connectivity index (χ4v) is 21.0. The van der Waals surface area contributed by atoms with Crippen molar-refractivity contribution >= 4 is 152 Å². The highest BCUT2D eigenvalue weighted by molar-refractivity contribution is 6.32. The van der Waals surface area contributed by atoms with Crippen molar-refractivity contribution in [3.63, 3.8) is 0 Å². The van der Waals surface area contributed by atoms with Gasteiger partial charge >= 0.3 is 0 Å². The molecule has 0 aliphatic heterocycles. The van der Waals surface area contributed by atoms with E-state index in [2.05, 4.69) is 482 Å². The highest BCUT2D eigenvalue weighted by atomic mass is 15.0. The van der Waals surface area contributed by atoms with Crippen LogP contribution < -0.4 is 0 Å². The molecule has 27 rings (SSSR count). The van der Waals surface area contributed by atoms with Crippen LogP contribution in [0, 0.1) is 0 Å². The Hall–Kier alpha value is -17.6. The summed E-state index contributed by atoms with van der Waals surface area (Å²) in [6.07, 6.45) is 0. The molecule has 612 valence electrons. The van der Waals surface area contributed by atoms with E-state index < -0.39 is 0 Å². The van der Waals surface area contributed by atoms with Crippen LogP contribution in [0.15, 0.2) is 473 Å². The van der Waals surface area contributed by atoms with Gasteiger partial charge in [0.2, 0.25) is 0 Å². The SMILES string of the molecule is c1ccc(-c2cc(-c3ccccc3)cc(-c3nc(-c4cccc5cc(-n6c7ccc8ccccc8c7c7c8ccccc8c(-c8ccc9ccccc9c8)cc76)ccc45)nc4ccccc34)c2)cc1.c1ccc(-c2cccc(-c3nc(-c4cccc5cc(-n6c7ccc8ccccc8c7c7c8ccccc8c(-c8cccc9ccccc89)cc76)ccc45)nc4ccccc34)c2)cc1. The molecule has 0 aliphatic carbocycles. The van der Waals surface area contributed by atoms with E-state index in [1.807, 2.05) is 0 Å². The van der Waals surface area contributed by atoms with Crippen molar-refractivity contribution in [2.75, 3.05) is 0 Å². The summed E-state index contributed by atoms with van der Waals surface area (Å²) in [5.74, 6) is 1.41. The van der Waals surface area contributed by atoms with Crippen molar-refractivity contribution in [2.24, 2.45) is 0 Å². The second-order valence-corrected chi connectivity index (χ2v) is 34.6. The van der Waals surface area contributed by atoms with Gasteiger partial charge in [0.1, 0.15) is 0 Å². The normalized spacial score (nSPS) is 11.8. The van der Waals surface area contributed by atoms with Gasteiger partial charge in [-0.25, -0.2) is 19.9 Å². The summed E-state index contributed by atoms with van der Waals surface area (Å²) < 4.78 is 4.96. The molecule has 0 aliphatic rings. The molecule has 0 saturated heterocycles. The van der Waals surface area contributed by atoms with Crippen LogP contribution in [0.1, 0.15) is 0 Å². The third kappa shape index (κ3) is 12.7. The summed E-state index contributed by atoms with van der Waals surface area (Å²) in [4.78, 5) is 21.4. The van der Waals surface area contributed by atoms with E-state index >= 15 is 0 Å². The molecule has 0 fully saturated rings. The molecule has 0 N–H and O–H groups in total. The van der Waals surface area contributed by atoms with E-state index in [0.717, 1.165) is 116 Å². The topological polar surface area (TPSA) is 61.4 Å². The number of benzene rings is 23. The van der Waals surface area contributed by atoms with Crippen LogP contribution in [0.3, 0.4) is 0 Å². The second kappa shape index (κ2) is 31.2. The van der Waals surface area contributed by atoms with Crippen molar-refractivity contribution in [3.05, 3.63) is 473 Å². The van der Waals surface area contributed by atoms with E-state index in [1.165, 1.54) is 136 Å². The Morgan fingerprint density at radius 2 is 0.492 bits per heavy atom. The van der Waals surface area contributed by atoms with E-state index in [-0.39, 0.29) is 0 Å². The Balaban J connectivity index is 0.000000139. The summed E-state index contributed by atoms with van der Waals surface area (Å²) in [5, 5.41) is 26.5. The lowest BCUT2D eigenvalue weighted by Gasteiger charge is -2.15. The zero-order valence-electron chi connectivity index (χ0n) is 71.7. The molecule has 0 spiro atoms. The quantitative estimate of drug-likeness (QED) is 0.129. The lowest BCUT2D eigenvalue weighted by atomic mass is 9.91. The number of hydrogen-bond acceptors (Lipinski definition) is 4. The monoisotopic (exact) mass is 1670 g/mol. The molecule has 132 heavy (non-hydrogen) atoms. The molecule has 0 amide bonds. The van der Waals surface area contributed by atoms with Gasteiger partial charge in [0, 0.05) is 65.9 Å². The molecule has 4 heterocycles. The smallest absolute Gasteiger partial charge is 0.161 e. The Bertz CT molecular complexity index is 9360. The first kappa shape index (κ1) is 75.7. The molecular weight excluding hydrogens is 1600 g/mol. The third-order valence-electron chi connectivity index (χ3n) is 27.1. The maximum Gasteiger partial charge on any atom is 0.161 e. The average molecular weight is 1680 g/mol. The highest BCUT2D eigenvalue weighted by Gasteiger charge is 2.26. The average Bonchev–Trinajstić information content (AvgIpc) is 1.55. The first-order valence-corrected chi connectivity index (χ1v) is 45.2. The van der Waals surface area contributed by atoms with Crippen LogP contribution in [-0.2, 0) is 0 Å². The van der Waals surface area contributed by atoms with Crippen LogP contribution in [-0.4, -0.2) is 29.1 Å². The third-order valence-corrected chi connectivity index (χ3v) is 27.1. The van der Waals surface area contributed by atoms with Gasteiger partial charge in [0.05, 0.1) is 44.5 Å². The second-order valence-electron chi connectivity index (χ2n) is 34.6. The summed E-state index contributed by atoms with van der Waals surface area (Å²) >= 11 is 0. The fourth-order valence-electron chi connectivity index (χ4n) is 21.0. The minimum Gasteiger partial charge on any atom is -0.309 e. The zero-order valence-corrected chi connectivity index (χ0v) is 71.7. The summed E-state index contributed by atoms with van der Waals surface area (Å²) in [6, 6.07) is 171. The van der Waals surface area contributed by atoms with Crippen LogP contribution in [0.5, 0.6) is 0 Å². The van der Waals surface area contributed by atoms with Gasteiger partial charge in [-0.15, -0.1) is 0 Å². The van der Waals surface area contributed by atoms with Crippen LogP contribution in [0.25, 0.3) is 264 Å². The summed E-state index contributed by atoms with van der Waals surface area (Å²) in [6.45, 7) is 0. The van der Waals surface area contributed by atoms with Crippen LogP contribution in [0.2, 0.25) is 0 Å². The highest BCUT2D eigenvalue weighted by Crippen LogP contribution is 2.50. The molecule has 0 radical (unpaired) electrons. The first-order valence-electron chi connectivity index (χ1n) is 45.2. The summed E-state index contributed by atoms with van der Waals surface area (Å²) in [5.41, 5.74) is 26.5. The molecule has 6 heteroatoms. The maximum absolute atomic E-state index is 5.51. The molecule has 0 unspecified atom stereocenters. The van der Waals surface area contributed by atoms with Gasteiger partial charge in [-0.1, -0.05) is 382 Å². The number of fused-ring (bicyclic) bond motifs is 20. The Morgan fingerprint density at radius 1 is 0.144 bits per heavy atom. The van der Waals surface area contributed by atoms with E-state index in [4.69, 9.17) is 19.9 Å². The molecule has 0 saturated carbocycles. The zero-order chi connectivity index (χ0) is 86.9. The van der Waals surface area contributed by atoms with Gasteiger partial charge in [0.15, 0.2) is 11.6 Å². The lowest BCUT2D eigenvalue weighted by molar-refractivity contribution is 1.19. The number of nitrogens with zero attached hydrogens (tertiary/aromatic N) is 6. The standard InChI is InChI=1S/C66H41N3.C60H37N3/c1-3-16-42(17-4-1)49-37-50(43-18-5-2-6-19-43)39-51(38-49)65-58-27-13-14-29-60(58)67-66(68-65)57-28-15-23-47-40-52(33-34-53(47)57)69-61-35-32-45-21-9-10-24-54(45)63(61)64-56-26-12-11-25-55(56)59(41-62(64)69)48-31-30-44-20-7-8-22-46(44)36-48;1-2-15-38(16-3-1)41-20-12-22-43(35-41)59-52-27-10-11-30-54(52)61-60(62-59)51-29-14-21-42-36-44(32-33-46(42)51)63-55-34-31-40-18-5-7-24-47(40)57(55)58-50-26-9-8-25-49(50)53(37-56(58)63)48-28-13-19-39-17-4-6-23-45(39)48/h1-41H;1-37H. The first-order chi connectivity index (χ1) is 65.4. The van der Waals surface area contributed by atoms with Gasteiger partial charge in [-0.3, -0.25) is 0 Å². The predicted molar refractivity (Wildman–Crippen MR) is 557 cm³/mol. The van der Waals surface area contributed by atoms with Gasteiger partial charge in [0.25, 0.3) is 0 Å². The minimum absolute atomic E-state index is 0.697.